The van der Waals surface area contributed by atoms with Crippen LogP contribution in [-0.2, 0) is 25.7 Å². The summed E-state index contributed by atoms with van der Waals surface area (Å²) in [6, 6.07) is 7.72. The zero-order chi connectivity index (χ0) is 31.6. The van der Waals surface area contributed by atoms with Crippen molar-refractivity contribution in [3.05, 3.63) is 54.9 Å². The lowest BCUT2D eigenvalue weighted by atomic mass is 9.82. The largest absolute Gasteiger partial charge is 0.481 e. The number of carboxylic acids is 3. The second-order valence-corrected chi connectivity index (χ2v) is 14.1. The molecule has 0 bridgehead atoms. The van der Waals surface area contributed by atoms with Gasteiger partial charge >= 0.3 is 17.9 Å². The Morgan fingerprint density at radius 1 is 0.977 bits per heavy atom. The monoisotopic (exact) mass is 663 g/mol. The topological polar surface area (TPSA) is 157 Å². The van der Waals surface area contributed by atoms with Gasteiger partial charge in [-0.1, -0.05) is 68.6 Å². The normalized spacial score (nSPS) is 18.0. The number of thiazole rings is 1. The zero-order valence-electron chi connectivity index (χ0n) is 23.5. The minimum absolute atomic E-state index is 0.0000938. The summed E-state index contributed by atoms with van der Waals surface area (Å²) in [5, 5.41) is 28.9. The van der Waals surface area contributed by atoms with Crippen LogP contribution in [0.1, 0.15) is 40.0 Å². The van der Waals surface area contributed by atoms with Crippen molar-refractivity contribution in [2.24, 2.45) is 5.41 Å². The molecule has 2 aromatic rings. The van der Waals surface area contributed by atoms with Crippen LogP contribution < -0.4 is 19.7 Å². The average Bonchev–Trinajstić information content (AvgIpc) is 3.53. The minimum Gasteiger partial charge on any atom is -0.481 e. The number of aromatic nitrogens is 1. The summed E-state index contributed by atoms with van der Waals surface area (Å²) in [4.78, 5) is 65.5. The number of anilines is 1. The Kier molecular flexibility index (Phi) is 9.89. The van der Waals surface area contributed by atoms with Gasteiger partial charge in [0.05, 0.1) is 15.2 Å². The number of hydrogen-bond donors (Lipinski definition) is 3. The van der Waals surface area contributed by atoms with Gasteiger partial charge < -0.3 is 20.2 Å². The van der Waals surface area contributed by atoms with E-state index in [9.17, 15) is 39.3 Å². The highest BCUT2D eigenvalue weighted by Gasteiger charge is 2.36. The number of fused-ring (bicyclic) bond motifs is 1. The Bertz CT molecular complexity index is 1740. The molecule has 1 saturated heterocycles. The molecular weight excluding hydrogens is 635 g/mol. The van der Waals surface area contributed by atoms with Crippen molar-refractivity contribution in [3.8, 4) is 0 Å². The first kappa shape index (κ1) is 32.5. The lowest BCUT2D eigenvalue weighted by Gasteiger charge is -2.26. The lowest BCUT2D eigenvalue weighted by Crippen LogP contribution is -2.37. The van der Waals surface area contributed by atoms with E-state index in [1.165, 1.54) is 11.8 Å². The number of thioether (sulfide) groups is 2. The Morgan fingerprint density at radius 3 is 2.28 bits per heavy atom. The zero-order valence-corrected chi connectivity index (χ0v) is 26.8. The third-order valence-electron chi connectivity index (χ3n) is 7.05. The number of aliphatic carboxylic acids is 3. The fourth-order valence-corrected chi connectivity index (χ4v) is 8.37. The molecule has 15 heteroatoms. The molecule has 1 amide bonds. The van der Waals surface area contributed by atoms with Crippen LogP contribution in [0.3, 0.4) is 0 Å². The van der Waals surface area contributed by atoms with Crippen molar-refractivity contribution >= 4 is 91.4 Å². The van der Waals surface area contributed by atoms with Crippen LogP contribution >= 0.6 is 47.1 Å². The molecular formula is C28H29N3O8S4. The summed E-state index contributed by atoms with van der Waals surface area (Å²) in [6.07, 6.45) is 2.90. The Labute approximate surface area is 264 Å². The maximum atomic E-state index is 14.0. The van der Waals surface area contributed by atoms with Crippen molar-refractivity contribution < 1.29 is 34.5 Å². The number of para-hydroxylation sites is 1. The van der Waals surface area contributed by atoms with Crippen molar-refractivity contribution in [1.29, 1.82) is 0 Å². The Hall–Kier alpha value is -3.40. The van der Waals surface area contributed by atoms with Crippen molar-refractivity contribution in [3.63, 3.8) is 0 Å². The van der Waals surface area contributed by atoms with Crippen LogP contribution in [0.2, 0.25) is 0 Å². The number of allylic oxidation sites excluding steroid dienone is 1. The van der Waals surface area contributed by atoms with E-state index in [1.807, 2.05) is 56.0 Å². The number of carbonyl (C=O) groups excluding carboxylic acids is 1. The van der Waals surface area contributed by atoms with E-state index in [-0.39, 0.29) is 24.8 Å². The quantitative estimate of drug-likeness (QED) is 0.303. The number of nitrogens with zero attached hydrogens (tertiary/aromatic N) is 3. The summed E-state index contributed by atoms with van der Waals surface area (Å²) in [7, 11) is 0. The van der Waals surface area contributed by atoms with Crippen LogP contribution in [0.15, 0.2) is 45.1 Å². The molecule has 0 atom stereocenters. The smallest absolute Gasteiger partial charge is 0.323 e. The van der Waals surface area contributed by atoms with Gasteiger partial charge in [0.25, 0.3) is 11.5 Å². The van der Waals surface area contributed by atoms with Crippen molar-refractivity contribution in [2.75, 3.05) is 18.0 Å². The van der Waals surface area contributed by atoms with E-state index in [1.54, 1.807) is 0 Å². The molecule has 43 heavy (non-hydrogen) atoms. The van der Waals surface area contributed by atoms with Gasteiger partial charge in [-0.05, 0) is 42.0 Å². The molecule has 0 radical (unpaired) electrons. The van der Waals surface area contributed by atoms with Crippen LogP contribution in [0.4, 0.5) is 5.69 Å². The second kappa shape index (κ2) is 13.1. The summed E-state index contributed by atoms with van der Waals surface area (Å²) in [6.45, 7) is 4.97. The standard InChI is InChI=1S/C28H29N3O8S4/c1-4-28(2,3)15(12-18-29(11-7-10-19(32)33)16-8-5-6-9-17(16)41-18)22-24(38)30(13-20(34)35)26(42-22)23-25(39)31(14-21(36)37)27(40)43-23/h5-6,8-9,12H,4,7,10-11,13-14H2,1-3H3,(H,32,33)(H,34,35)(H,36,37)/b18-12-,22-15-,26-23-. The van der Waals surface area contributed by atoms with Crippen molar-refractivity contribution in [1.82, 2.24) is 9.47 Å². The lowest BCUT2D eigenvalue weighted by molar-refractivity contribution is -0.140. The fourth-order valence-electron chi connectivity index (χ4n) is 4.49. The number of carboxylic acid groups (broad SMARTS) is 3. The minimum atomic E-state index is -1.28. The highest BCUT2D eigenvalue weighted by molar-refractivity contribution is 8.30. The molecule has 11 nitrogen and oxygen atoms in total. The maximum absolute atomic E-state index is 14.0. The van der Waals surface area contributed by atoms with Gasteiger partial charge in [-0.15, -0.1) is 11.3 Å². The van der Waals surface area contributed by atoms with Gasteiger partial charge in [0.1, 0.15) is 27.0 Å². The molecule has 0 aliphatic carbocycles. The predicted octanol–water partition coefficient (Wildman–Crippen LogP) is 2.95. The molecule has 228 valence electrons. The molecule has 3 heterocycles. The molecule has 2 aliphatic rings. The number of benzene rings is 1. The highest BCUT2D eigenvalue weighted by atomic mass is 32.2. The first-order valence-corrected chi connectivity index (χ1v) is 16.0. The second-order valence-electron chi connectivity index (χ2n) is 10.4. The molecule has 1 aromatic carbocycles. The van der Waals surface area contributed by atoms with Crippen molar-refractivity contribution in [2.45, 2.75) is 51.5 Å². The van der Waals surface area contributed by atoms with Crippen LogP contribution in [0, 0.1) is 5.41 Å². The molecule has 0 saturated carbocycles. The molecule has 4 rings (SSSR count). The molecule has 3 N–H and O–H groups in total. The van der Waals surface area contributed by atoms with E-state index in [2.05, 4.69) is 0 Å². The van der Waals surface area contributed by atoms with E-state index < -0.39 is 47.9 Å². The first-order valence-electron chi connectivity index (χ1n) is 13.2. The fraction of sp³-hybridized carbons (Fsp3) is 0.357. The van der Waals surface area contributed by atoms with Gasteiger partial charge in [-0.2, -0.15) is 0 Å². The van der Waals surface area contributed by atoms with Gasteiger partial charge in [0, 0.05) is 17.9 Å². The van der Waals surface area contributed by atoms with E-state index in [4.69, 9.17) is 12.2 Å². The summed E-state index contributed by atoms with van der Waals surface area (Å²) in [5.41, 5.74) is 0.398. The summed E-state index contributed by atoms with van der Waals surface area (Å²) < 4.78 is 1.38. The SMILES string of the molecule is CCC(C)(C)C(/C=C1\Sc2ccccc2N1CCCC(=O)O)=c1\s/c(=C2\SC(=S)N(CC(=O)O)C2=O)n(CC(=O)O)c1=O. The van der Waals surface area contributed by atoms with Crippen LogP contribution in [-0.4, -0.2) is 66.0 Å². The van der Waals surface area contributed by atoms with Crippen LogP contribution in [0.5, 0.6) is 0 Å². The third kappa shape index (κ3) is 6.89. The van der Waals surface area contributed by atoms with Gasteiger partial charge in [0.2, 0.25) is 0 Å². The average molecular weight is 664 g/mol. The first-order chi connectivity index (χ1) is 20.2. The number of hydrogen-bond acceptors (Lipinski definition) is 10. The maximum Gasteiger partial charge on any atom is 0.323 e. The third-order valence-corrected chi connectivity index (χ3v) is 10.9. The van der Waals surface area contributed by atoms with Gasteiger partial charge in [-0.25, -0.2) is 0 Å². The number of thiocarbonyl (C=S) groups is 1. The Balaban J connectivity index is 1.99. The number of amides is 1. The molecule has 1 aromatic heterocycles. The highest BCUT2D eigenvalue weighted by Crippen LogP contribution is 2.47. The molecule has 0 unspecified atom stereocenters. The molecule has 2 aliphatic heterocycles. The Morgan fingerprint density at radius 2 is 1.65 bits per heavy atom. The molecule has 1 fully saturated rings. The van der Waals surface area contributed by atoms with E-state index in [0.717, 1.165) is 48.2 Å². The summed E-state index contributed by atoms with van der Waals surface area (Å²) >= 11 is 8.54. The molecule has 0 spiro atoms. The van der Waals surface area contributed by atoms with E-state index >= 15 is 0 Å². The summed E-state index contributed by atoms with van der Waals surface area (Å²) in [5.74, 6) is -4.14. The van der Waals surface area contributed by atoms with Gasteiger partial charge in [0.15, 0.2) is 0 Å². The van der Waals surface area contributed by atoms with E-state index in [0.29, 0.717) is 25.0 Å². The van der Waals surface area contributed by atoms with Crippen LogP contribution in [0.25, 0.3) is 10.5 Å². The number of rotatable bonds is 11. The number of carbonyl (C=O) groups is 4. The van der Waals surface area contributed by atoms with Gasteiger partial charge in [-0.3, -0.25) is 33.4 Å². The predicted molar refractivity (Wildman–Crippen MR) is 170 cm³/mol.